The summed E-state index contributed by atoms with van der Waals surface area (Å²) in [5.41, 5.74) is 0.277. The number of aromatic hydroxyl groups is 1. The summed E-state index contributed by atoms with van der Waals surface area (Å²) in [6.45, 7) is 9.56. The van der Waals surface area contributed by atoms with Crippen molar-refractivity contribution >= 4 is 19.1 Å². The Morgan fingerprint density at radius 3 is 2.40 bits per heavy atom. The highest BCUT2D eigenvalue weighted by molar-refractivity contribution is 6.56. The minimum atomic E-state index is -0.623. The number of para-hydroxylation sites is 1. The molecular weight excluding hydrogens is 321 g/mol. The zero-order valence-electron chi connectivity index (χ0n) is 15.7. The number of methoxy groups -OCH3 is 1. The number of benzene rings is 1. The molecule has 6 nitrogen and oxygen atoms in total. The van der Waals surface area contributed by atoms with Gasteiger partial charge in [-0.15, -0.1) is 0 Å². The summed E-state index contributed by atoms with van der Waals surface area (Å²) in [7, 11) is 0.872. The predicted molar refractivity (Wildman–Crippen MR) is 97.4 cm³/mol. The van der Waals surface area contributed by atoms with Crippen LogP contribution in [0.1, 0.15) is 40.2 Å². The third kappa shape index (κ3) is 4.17. The summed E-state index contributed by atoms with van der Waals surface area (Å²) >= 11 is 0. The van der Waals surface area contributed by atoms with Crippen LogP contribution in [0.3, 0.4) is 0 Å². The Bertz CT molecular complexity index is 668. The van der Waals surface area contributed by atoms with E-state index in [-0.39, 0.29) is 18.2 Å². The van der Waals surface area contributed by atoms with Crippen molar-refractivity contribution in [3.63, 3.8) is 0 Å². The van der Waals surface area contributed by atoms with Gasteiger partial charge in [-0.2, -0.15) is 0 Å². The zero-order valence-corrected chi connectivity index (χ0v) is 15.7. The molecule has 0 aliphatic carbocycles. The molecular formula is C18H26BNO5. The summed E-state index contributed by atoms with van der Waals surface area (Å²) < 4.78 is 17.3. The number of hydrogen-bond donors (Lipinski definition) is 2. The van der Waals surface area contributed by atoms with Crippen molar-refractivity contribution in [2.24, 2.45) is 0 Å². The van der Waals surface area contributed by atoms with Crippen molar-refractivity contribution in [3.8, 4) is 11.5 Å². The number of phenolic OH excluding ortho intramolecular Hbond substituents is 1. The van der Waals surface area contributed by atoms with Crippen LogP contribution in [0.4, 0.5) is 0 Å². The van der Waals surface area contributed by atoms with Crippen molar-refractivity contribution in [1.29, 1.82) is 0 Å². The highest BCUT2D eigenvalue weighted by Crippen LogP contribution is 2.39. The number of nitrogens with one attached hydrogen (secondary N) is 1. The second kappa shape index (κ2) is 7.10. The highest BCUT2D eigenvalue weighted by Gasteiger charge is 2.52. The lowest BCUT2D eigenvalue weighted by atomic mass is 9.77. The van der Waals surface area contributed by atoms with Gasteiger partial charge in [0.15, 0.2) is 11.5 Å². The number of ether oxygens (including phenoxy) is 1. The van der Waals surface area contributed by atoms with E-state index >= 15 is 0 Å². The fraction of sp³-hybridized carbons (Fsp3) is 0.500. The second-order valence-corrected chi connectivity index (χ2v) is 7.12. The molecule has 0 atom stereocenters. The maximum absolute atomic E-state index is 11.3. The van der Waals surface area contributed by atoms with Crippen molar-refractivity contribution in [3.05, 3.63) is 29.2 Å². The van der Waals surface area contributed by atoms with Gasteiger partial charge >= 0.3 is 7.12 Å². The first-order valence-corrected chi connectivity index (χ1v) is 8.24. The van der Waals surface area contributed by atoms with Crippen molar-refractivity contribution in [2.45, 2.75) is 45.8 Å². The van der Waals surface area contributed by atoms with E-state index in [4.69, 9.17) is 14.0 Å². The van der Waals surface area contributed by atoms with Gasteiger partial charge in [0, 0.05) is 19.0 Å². The SMILES string of the molecule is COc1cccc(C=C(CNC(C)=O)B2OC(C)(C)C(C)(C)O2)c1O. The van der Waals surface area contributed by atoms with Gasteiger partial charge in [-0.3, -0.25) is 4.79 Å². The van der Waals surface area contributed by atoms with E-state index < -0.39 is 18.3 Å². The minimum Gasteiger partial charge on any atom is -0.504 e. The largest absolute Gasteiger partial charge is 0.504 e. The maximum Gasteiger partial charge on any atom is 0.492 e. The third-order valence-electron chi connectivity index (χ3n) is 4.69. The van der Waals surface area contributed by atoms with Crippen LogP contribution in [0.5, 0.6) is 11.5 Å². The van der Waals surface area contributed by atoms with Crippen LogP contribution in [0.15, 0.2) is 23.7 Å². The molecule has 25 heavy (non-hydrogen) atoms. The molecule has 2 rings (SSSR count). The molecule has 1 amide bonds. The van der Waals surface area contributed by atoms with E-state index in [2.05, 4.69) is 5.32 Å². The summed E-state index contributed by atoms with van der Waals surface area (Å²) in [5, 5.41) is 13.1. The van der Waals surface area contributed by atoms with Crippen LogP contribution >= 0.6 is 0 Å². The second-order valence-electron chi connectivity index (χ2n) is 7.12. The third-order valence-corrected chi connectivity index (χ3v) is 4.69. The molecule has 1 fully saturated rings. The molecule has 0 spiro atoms. The average molecular weight is 347 g/mol. The summed E-state index contributed by atoms with van der Waals surface area (Å²) in [6, 6.07) is 5.22. The van der Waals surface area contributed by atoms with Crippen LogP contribution in [-0.2, 0) is 14.1 Å². The Balaban J connectivity index is 2.39. The van der Waals surface area contributed by atoms with Gasteiger partial charge in [-0.1, -0.05) is 18.2 Å². The fourth-order valence-corrected chi connectivity index (χ4v) is 2.44. The van der Waals surface area contributed by atoms with E-state index in [1.165, 1.54) is 14.0 Å². The maximum atomic E-state index is 11.3. The fourth-order valence-electron chi connectivity index (χ4n) is 2.44. The van der Waals surface area contributed by atoms with Gasteiger partial charge in [0.2, 0.25) is 5.91 Å². The van der Waals surface area contributed by atoms with E-state index in [0.717, 1.165) is 0 Å². The van der Waals surface area contributed by atoms with Gasteiger partial charge in [0.1, 0.15) is 0 Å². The normalized spacial score (nSPS) is 19.0. The zero-order chi connectivity index (χ0) is 18.8. The van der Waals surface area contributed by atoms with Crippen LogP contribution in [-0.4, -0.2) is 43.0 Å². The van der Waals surface area contributed by atoms with Crippen molar-refractivity contribution in [1.82, 2.24) is 5.32 Å². The monoisotopic (exact) mass is 347 g/mol. The van der Waals surface area contributed by atoms with Crippen LogP contribution in [0.2, 0.25) is 0 Å². The van der Waals surface area contributed by atoms with Crippen LogP contribution in [0, 0.1) is 0 Å². The molecule has 1 heterocycles. The van der Waals surface area contributed by atoms with Crippen molar-refractivity contribution in [2.75, 3.05) is 13.7 Å². The number of carbonyl (C=O) groups is 1. The minimum absolute atomic E-state index is 0.0295. The molecule has 1 aliphatic rings. The number of hydrogen-bond acceptors (Lipinski definition) is 5. The van der Waals surface area contributed by atoms with Gasteiger partial charge < -0.3 is 24.5 Å². The van der Waals surface area contributed by atoms with E-state index in [1.807, 2.05) is 27.7 Å². The van der Waals surface area contributed by atoms with E-state index in [1.54, 1.807) is 24.3 Å². The Labute approximate surface area is 149 Å². The molecule has 1 aromatic rings. The van der Waals surface area contributed by atoms with Gasteiger partial charge in [0.05, 0.1) is 18.3 Å². The Morgan fingerprint density at radius 2 is 1.88 bits per heavy atom. The summed E-state index contributed by atoms with van der Waals surface area (Å²) in [4.78, 5) is 11.3. The number of phenols is 1. The Morgan fingerprint density at radius 1 is 1.28 bits per heavy atom. The van der Waals surface area contributed by atoms with Gasteiger partial charge in [-0.05, 0) is 39.2 Å². The lowest BCUT2D eigenvalue weighted by Gasteiger charge is -2.32. The van der Waals surface area contributed by atoms with E-state index in [0.29, 0.717) is 16.8 Å². The summed E-state index contributed by atoms with van der Waals surface area (Å²) in [6.07, 6.45) is 1.76. The lowest BCUT2D eigenvalue weighted by Crippen LogP contribution is -2.41. The first kappa shape index (κ1) is 19.3. The highest BCUT2D eigenvalue weighted by atomic mass is 16.7. The molecule has 0 unspecified atom stereocenters. The number of rotatable bonds is 5. The van der Waals surface area contributed by atoms with Gasteiger partial charge in [0.25, 0.3) is 0 Å². The molecule has 0 radical (unpaired) electrons. The molecule has 1 saturated heterocycles. The van der Waals surface area contributed by atoms with Gasteiger partial charge in [-0.25, -0.2) is 0 Å². The number of amides is 1. The standard InChI is InChI=1S/C18H26BNO5/c1-12(21)20-11-14(19-24-17(2,3)18(4,5)25-19)10-13-8-7-9-15(23-6)16(13)22/h7-10,22H,11H2,1-6H3,(H,20,21). The van der Waals surface area contributed by atoms with E-state index in [9.17, 15) is 9.90 Å². The topological polar surface area (TPSA) is 77.0 Å². The quantitative estimate of drug-likeness (QED) is 0.801. The average Bonchev–Trinajstić information content (AvgIpc) is 2.73. The molecule has 1 aliphatic heterocycles. The lowest BCUT2D eigenvalue weighted by molar-refractivity contribution is -0.118. The predicted octanol–water partition coefficient (Wildman–Crippen LogP) is 2.55. The number of carbonyl (C=O) groups excluding carboxylic acids is 1. The summed E-state index contributed by atoms with van der Waals surface area (Å²) in [5.74, 6) is 0.251. The first-order valence-electron chi connectivity index (χ1n) is 8.24. The molecule has 0 saturated carbocycles. The van der Waals surface area contributed by atoms with Crippen molar-refractivity contribution < 1.29 is 23.9 Å². The first-order chi connectivity index (χ1) is 11.6. The molecule has 1 aromatic carbocycles. The Hall–Kier alpha value is -1.99. The molecule has 7 heteroatoms. The molecule has 0 aromatic heterocycles. The van der Waals surface area contributed by atoms with Crippen LogP contribution < -0.4 is 10.1 Å². The molecule has 0 bridgehead atoms. The molecule has 136 valence electrons. The molecule has 2 N–H and O–H groups in total. The Kier molecular flexibility index (Phi) is 5.49. The smallest absolute Gasteiger partial charge is 0.492 e. The van der Waals surface area contributed by atoms with Crippen LogP contribution in [0.25, 0.3) is 6.08 Å².